The molecule has 6 nitrogen and oxygen atoms in total. The summed E-state index contributed by atoms with van der Waals surface area (Å²) < 4.78 is 5.66. The summed E-state index contributed by atoms with van der Waals surface area (Å²) in [6, 6.07) is 7.75. The summed E-state index contributed by atoms with van der Waals surface area (Å²) in [4.78, 5) is 14.3. The van der Waals surface area contributed by atoms with Crippen LogP contribution in [0.3, 0.4) is 0 Å². The number of hydrogen-bond acceptors (Lipinski definition) is 4. The fourth-order valence-corrected chi connectivity index (χ4v) is 2.38. The first-order valence-corrected chi connectivity index (χ1v) is 6.47. The zero-order valence-corrected chi connectivity index (χ0v) is 11.2. The minimum Gasteiger partial charge on any atom is -0.491 e. The Labute approximate surface area is 116 Å². The van der Waals surface area contributed by atoms with Gasteiger partial charge in [-0.3, -0.25) is 9.89 Å². The van der Waals surface area contributed by atoms with Gasteiger partial charge in [0.2, 0.25) is 0 Å². The van der Waals surface area contributed by atoms with E-state index in [-0.39, 0.29) is 11.7 Å². The second kappa shape index (κ2) is 4.88. The summed E-state index contributed by atoms with van der Waals surface area (Å²) in [5.74, 6) is 0.958. The highest BCUT2D eigenvalue weighted by molar-refractivity contribution is 5.99. The van der Waals surface area contributed by atoms with Gasteiger partial charge in [0.25, 0.3) is 5.91 Å². The van der Waals surface area contributed by atoms with E-state index >= 15 is 0 Å². The summed E-state index contributed by atoms with van der Waals surface area (Å²) in [6.45, 7) is 3.30. The Morgan fingerprint density at radius 1 is 1.45 bits per heavy atom. The van der Waals surface area contributed by atoms with Gasteiger partial charge in [0.05, 0.1) is 6.54 Å². The van der Waals surface area contributed by atoms with Gasteiger partial charge >= 0.3 is 0 Å². The number of H-pyrrole nitrogens is 1. The van der Waals surface area contributed by atoms with E-state index in [4.69, 9.17) is 10.5 Å². The van der Waals surface area contributed by atoms with Crippen molar-refractivity contribution in [3.05, 3.63) is 41.1 Å². The highest BCUT2D eigenvalue weighted by Crippen LogP contribution is 2.24. The lowest BCUT2D eigenvalue weighted by molar-refractivity contribution is 0.0733. The van der Waals surface area contributed by atoms with Gasteiger partial charge in [-0.05, 0) is 13.0 Å². The Morgan fingerprint density at radius 2 is 2.25 bits per heavy atom. The monoisotopic (exact) mass is 272 g/mol. The van der Waals surface area contributed by atoms with Crippen LogP contribution in [0.5, 0.6) is 5.75 Å². The predicted octanol–water partition coefficient (Wildman–Crippen LogP) is 1.34. The average molecular weight is 272 g/mol. The number of aromatic amines is 1. The number of aromatic nitrogens is 2. The zero-order chi connectivity index (χ0) is 14.1. The molecule has 3 rings (SSSR count). The first kappa shape index (κ1) is 12.5. The molecule has 0 atom stereocenters. The van der Waals surface area contributed by atoms with E-state index in [0.29, 0.717) is 31.0 Å². The summed E-state index contributed by atoms with van der Waals surface area (Å²) in [5.41, 5.74) is 7.89. The fourth-order valence-electron chi connectivity index (χ4n) is 2.38. The number of ether oxygens (including phenoxy) is 1. The number of anilines is 1. The van der Waals surface area contributed by atoms with Crippen molar-refractivity contribution >= 4 is 11.7 Å². The summed E-state index contributed by atoms with van der Waals surface area (Å²) in [6.07, 6.45) is 0. The Bertz CT molecular complexity index is 631. The molecule has 0 spiro atoms. The average Bonchev–Trinajstić information content (AvgIpc) is 2.66. The molecule has 104 valence electrons. The second-order valence-corrected chi connectivity index (χ2v) is 4.79. The number of benzene rings is 1. The van der Waals surface area contributed by atoms with Crippen molar-refractivity contribution in [2.45, 2.75) is 13.5 Å². The van der Waals surface area contributed by atoms with Crippen molar-refractivity contribution in [1.82, 2.24) is 15.1 Å². The highest BCUT2D eigenvalue weighted by Gasteiger charge is 2.25. The first-order chi connectivity index (χ1) is 9.66. The first-order valence-electron chi connectivity index (χ1n) is 6.47. The minimum atomic E-state index is -0.117. The normalized spacial score (nSPS) is 14.3. The number of nitrogens with zero attached hydrogens (tertiary/aromatic N) is 2. The number of para-hydroxylation sites is 1. The van der Waals surface area contributed by atoms with Crippen molar-refractivity contribution in [2.75, 3.05) is 18.9 Å². The number of aryl methyl sites for hydroxylation is 1. The molecule has 20 heavy (non-hydrogen) atoms. The number of amides is 1. The van der Waals surface area contributed by atoms with Crippen molar-refractivity contribution in [3.63, 3.8) is 0 Å². The van der Waals surface area contributed by atoms with E-state index in [2.05, 4.69) is 10.2 Å². The lowest BCUT2D eigenvalue weighted by Gasteiger charge is -2.19. The third kappa shape index (κ3) is 2.09. The van der Waals surface area contributed by atoms with Crippen LogP contribution in [0.25, 0.3) is 0 Å². The Balaban J connectivity index is 1.90. The molecule has 2 heterocycles. The molecule has 1 aromatic carbocycles. The fraction of sp³-hybridized carbons (Fsp3) is 0.286. The van der Waals surface area contributed by atoms with Crippen LogP contribution >= 0.6 is 0 Å². The van der Waals surface area contributed by atoms with Crippen LogP contribution in [0.1, 0.15) is 21.6 Å². The maximum atomic E-state index is 12.6. The van der Waals surface area contributed by atoms with Crippen LogP contribution in [0.2, 0.25) is 0 Å². The Kier molecular flexibility index (Phi) is 3.06. The molecule has 1 amide bonds. The number of nitrogens with two attached hydrogens (primary N) is 1. The van der Waals surface area contributed by atoms with Crippen molar-refractivity contribution < 1.29 is 9.53 Å². The van der Waals surface area contributed by atoms with E-state index < -0.39 is 0 Å². The SMILES string of the molecule is Cc1[nH]nc(N)c1C(=O)N1CCOc2ccccc2C1. The number of hydrogen-bond donors (Lipinski definition) is 2. The van der Waals surface area contributed by atoms with E-state index in [0.717, 1.165) is 11.3 Å². The van der Waals surface area contributed by atoms with Crippen molar-refractivity contribution in [3.8, 4) is 5.75 Å². The third-order valence-electron chi connectivity index (χ3n) is 3.43. The van der Waals surface area contributed by atoms with E-state index in [9.17, 15) is 4.79 Å². The standard InChI is InChI=1S/C14H16N4O2/c1-9-12(13(15)17-16-9)14(19)18-6-7-20-11-5-3-2-4-10(11)8-18/h2-5H,6-8H2,1H3,(H3,15,16,17). The molecule has 1 aliphatic rings. The maximum Gasteiger partial charge on any atom is 0.259 e. The summed E-state index contributed by atoms with van der Waals surface area (Å²) >= 11 is 0. The van der Waals surface area contributed by atoms with Crippen molar-refractivity contribution in [1.29, 1.82) is 0 Å². The molecule has 0 radical (unpaired) electrons. The summed E-state index contributed by atoms with van der Waals surface area (Å²) in [7, 11) is 0. The molecule has 3 N–H and O–H groups in total. The van der Waals surface area contributed by atoms with Crippen LogP contribution in [0.15, 0.2) is 24.3 Å². The van der Waals surface area contributed by atoms with Crippen LogP contribution < -0.4 is 10.5 Å². The molecule has 0 saturated heterocycles. The molecule has 0 saturated carbocycles. The van der Waals surface area contributed by atoms with Gasteiger partial charge in [0.1, 0.15) is 17.9 Å². The van der Waals surface area contributed by atoms with E-state index in [1.807, 2.05) is 24.3 Å². The largest absolute Gasteiger partial charge is 0.491 e. The highest BCUT2D eigenvalue weighted by atomic mass is 16.5. The molecule has 6 heteroatoms. The zero-order valence-electron chi connectivity index (χ0n) is 11.2. The molecule has 1 aliphatic heterocycles. The molecule has 2 aromatic rings. The number of carbonyl (C=O) groups excluding carboxylic acids is 1. The molecule has 0 aliphatic carbocycles. The lowest BCUT2D eigenvalue weighted by Crippen LogP contribution is -2.33. The molecule has 0 fully saturated rings. The number of fused-ring (bicyclic) bond motifs is 1. The molecule has 1 aromatic heterocycles. The quantitative estimate of drug-likeness (QED) is 0.820. The second-order valence-electron chi connectivity index (χ2n) is 4.79. The third-order valence-corrected chi connectivity index (χ3v) is 3.43. The van der Waals surface area contributed by atoms with Crippen LogP contribution in [0.4, 0.5) is 5.82 Å². The van der Waals surface area contributed by atoms with Gasteiger partial charge < -0.3 is 15.4 Å². The van der Waals surface area contributed by atoms with Crippen LogP contribution in [-0.2, 0) is 6.54 Å². The van der Waals surface area contributed by atoms with Gasteiger partial charge in [0.15, 0.2) is 5.82 Å². The van der Waals surface area contributed by atoms with Crippen molar-refractivity contribution in [2.24, 2.45) is 0 Å². The van der Waals surface area contributed by atoms with Gasteiger partial charge in [0, 0.05) is 17.8 Å². The number of nitrogen functional groups attached to an aromatic ring is 1. The van der Waals surface area contributed by atoms with Gasteiger partial charge in [-0.2, -0.15) is 5.10 Å². The van der Waals surface area contributed by atoms with Crippen LogP contribution in [-0.4, -0.2) is 34.2 Å². The minimum absolute atomic E-state index is 0.117. The molecule has 0 unspecified atom stereocenters. The molecular formula is C14H16N4O2. The van der Waals surface area contributed by atoms with Gasteiger partial charge in [-0.25, -0.2) is 0 Å². The molecular weight excluding hydrogens is 256 g/mol. The van der Waals surface area contributed by atoms with E-state index in [1.54, 1.807) is 11.8 Å². The molecule has 0 bridgehead atoms. The Hall–Kier alpha value is -2.50. The topological polar surface area (TPSA) is 84.2 Å². The smallest absolute Gasteiger partial charge is 0.259 e. The summed E-state index contributed by atoms with van der Waals surface area (Å²) in [5, 5.41) is 6.61. The van der Waals surface area contributed by atoms with Gasteiger partial charge in [-0.1, -0.05) is 18.2 Å². The van der Waals surface area contributed by atoms with Crippen LogP contribution in [0, 0.1) is 6.92 Å². The Morgan fingerprint density at radius 3 is 3.00 bits per heavy atom. The number of carbonyl (C=O) groups is 1. The maximum absolute atomic E-state index is 12.6. The number of nitrogens with one attached hydrogen (secondary N) is 1. The van der Waals surface area contributed by atoms with E-state index in [1.165, 1.54) is 0 Å². The predicted molar refractivity (Wildman–Crippen MR) is 74.4 cm³/mol. The van der Waals surface area contributed by atoms with Gasteiger partial charge in [-0.15, -0.1) is 0 Å². The lowest BCUT2D eigenvalue weighted by atomic mass is 10.1. The number of rotatable bonds is 1.